The van der Waals surface area contributed by atoms with Gasteiger partial charge in [0.25, 0.3) is 0 Å². The van der Waals surface area contributed by atoms with Gasteiger partial charge in [-0.15, -0.1) is 0 Å². The summed E-state index contributed by atoms with van der Waals surface area (Å²) >= 11 is 3.44. The molecule has 0 bridgehead atoms. The lowest BCUT2D eigenvalue weighted by atomic mass is 9.95. The molecule has 2 amide bonds. The summed E-state index contributed by atoms with van der Waals surface area (Å²) in [6.07, 6.45) is 6.02. The molecule has 0 radical (unpaired) electrons. The number of amides is 2. The summed E-state index contributed by atoms with van der Waals surface area (Å²) in [5, 5.41) is 2.95. The van der Waals surface area contributed by atoms with Gasteiger partial charge in [0.2, 0.25) is 0 Å². The lowest BCUT2D eigenvalue weighted by Crippen LogP contribution is -2.40. The standard InChI is InChI=1S/C14H19BrN2O/c1-17(11-7-3-2-4-8-11)14(18)16-13-10-6-5-9-12(13)15/h5-6,9-11H,2-4,7-8H2,1H3,(H,16,18). The van der Waals surface area contributed by atoms with Crippen molar-refractivity contribution in [2.45, 2.75) is 38.1 Å². The molecule has 0 saturated heterocycles. The van der Waals surface area contributed by atoms with E-state index in [0.717, 1.165) is 23.0 Å². The summed E-state index contributed by atoms with van der Waals surface area (Å²) in [6, 6.07) is 8.05. The number of para-hydroxylation sites is 1. The molecule has 0 aliphatic heterocycles. The average molecular weight is 311 g/mol. The molecule has 0 heterocycles. The SMILES string of the molecule is CN(C(=O)Nc1ccccc1Br)C1CCCCC1. The Bertz CT molecular complexity index is 416. The van der Waals surface area contributed by atoms with Gasteiger partial charge in [-0.2, -0.15) is 0 Å². The Morgan fingerprint density at radius 1 is 1.28 bits per heavy atom. The maximum atomic E-state index is 12.2. The number of carbonyl (C=O) groups excluding carboxylic acids is 1. The van der Waals surface area contributed by atoms with Gasteiger partial charge < -0.3 is 10.2 Å². The predicted molar refractivity (Wildman–Crippen MR) is 77.8 cm³/mol. The molecule has 2 rings (SSSR count). The molecule has 1 aliphatic carbocycles. The summed E-state index contributed by atoms with van der Waals surface area (Å²) in [7, 11) is 1.89. The normalized spacial score (nSPS) is 16.3. The predicted octanol–water partition coefficient (Wildman–Crippen LogP) is 4.25. The fraction of sp³-hybridized carbons (Fsp3) is 0.500. The van der Waals surface area contributed by atoms with Crippen molar-refractivity contribution in [2.75, 3.05) is 12.4 Å². The van der Waals surface area contributed by atoms with Crippen LogP contribution >= 0.6 is 15.9 Å². The highest BCUT2D eigenvalue weighted by atomic mass is 79.9. The van der Waals surface area contributed by atoms with Crippen LogP contribution in [0, 0.1) is 0 Å². The molecule has 0 spiro atoms. The third-order valence-corrected chi connectivity index (χ3v) is 4.25. The third-order valence-electron chi connectivity index (χ3n) is 3.56. The van der Waals surface area contributed by atoms with Crippen molar-refractivity contribution in [3.8, 4) is 0 Å². The molecule has 4 heteroatoms. The van der Waals surface area contributed by atoms with Crippen molar-refractivity contribution < 1.29 is 4.79 Å². The average Bonchev–Trinajstić information content (AvgIpc) is 2.41. The minimum Gasteiger partial charge on any atom is -0.325 e. The first-order chi connectivity index (χ1) is 8.68. The van der Waals surface area contributed by atoms with E-state index in [1.165, 1.54) is 19.3 Å². The van der Waals surface area contributed by atoms with Gasteiger partial charge in [-0.05, 0) is 40.9 Å². The number of rotatable bonds is 2. The Morgan fingerprint density at radius 2 is 1.94 bits per heavy atom. The van der Waals surface area contributed by atoms with Crippen molar-refractivity contribution in [1.29, 1.82) is 0 Å². The lowest BCUT2D eigenvalue weighted by molar-refractivity contribution is 0.186. The highest BCUT2D eigenvalue weighted by molar-refractivity contribution is 9.10. The van der Waals surface area contributed by atoms with Crippen LogP contribution in [0.5, 0.6) is 0 Å². The molecule has 1 aromatic rings. The minimum atomic E-state index is -0.0196. The molecule has 0 aromatic heterocycles. The summed E-state index contributed by atoms with van der Waals surface area (Å²) in [6.45, 7) is 0. The molecule has 0 atom stereocenters. The smallest absolute Gasteiger partial charge is 0.321 e. The second-order valence-corrected chi connectivity index (χ2v) is 5.67. The van der Waals surface area contributed by atoms with Gasteiger partial charge in [-0.3, -0.25) is 0 Å². The number of halogens is 1. The number of anilines is 1. The highest BCUT2D eigenvalue weighted by Gasteiger charge is 2.22. The van der Waals surface area contributed by atoms with Crippen LogP contribution in [0.3, 0.4) is 0 Å². The van der Waals surface area contributed by atoms with Crippen LogP contribution in [0.15, 0.2) is 28.7 Å². The van der Waals surface area contributed by atoms with Gasteiger partial charge in [0, 0.05) is 17.6 Å². The molecular weight excluding hydrogens is 292 g/mol. The molecule has 1 aliphatic rings. The Hall–Kier alpha value is -1.03. The van der Waals surface area contributed by atoms with Gasteiger partial charge in [0.05, 0.1) is 5.69 Å². The molecule has 98 valence electrons. The van der Waals surface area contributed by atoms with Gasteiger partial charge in [-0.25, -0.2) is 4.79 Å². The first kappa shape index (κ1) is 13.4. The maximum Gasteiger partial charge on any atom is 0.321 e. The van der Waals surface area contributed by atoms with E-state index in [2.05, 4.69) is 21.2 Å². The first-order valence-corrected chi connectivity index (χ1v) is 7.26. The fourth-order valence-corrected chi connectivity index (χ4v) is 2.78. The molecule has 1 aromatic carbocycles. The Labute approximate surface area is 117 Å². The summed E-state index contributed by atoms with van der Waals surface area (Å²) in [4.78, 5) is 14.0. The molecule has 1 fully saturated rings. The Kier molecular flexibility index (Phi) is 4.64. The van der Waals surface area contributed by atoms with E-state index in [-0.39, 0.29) is 6.03 Å². The quantitative estimate of drug-likeness (QED) is 0.870. The molecule has 1 saturated carbocycles. The van der Waals surface area contributed by atoms with Crippen LogP contribution in [0.2, 0.25) is 0 Å². The number of hydrogen-bond acceptors (Lipinski definition) is 1. The van der Waals surface area contributed by atoms with Crippen molar-refractivity contribution in [1.82, 2.24) is 4.90 Å². The molecule has 3 nitrogen and oxygen atoms in total. The van der Waals surface area contributed by atoms with Crippen LogP contribution in [-0.4, -0.2) is 24.0 Å². The van der Waals surface area contributed by atoms with Gasteiger partial charge in [0.15, 0.2) is 0 Å². The van der Waals surface area contributed by atoms with Gasteiger partial charge in [0.1, 0.15) is 0 Å². The molecule has 0 unspecified atom stereocenters. The van der Waals surface area contributed by atoms with E-state index >= 15 is 0 Å². The van der Waals surface area contributed by atoms with Crippen LogP contribution in [0.1, 0.15) is 32.1 Å². The summed E-state index contributed by atoms with van der Waals surface area (Å²) < 4.78 is 0.912. The van der Waals surface area contributed by atoms with Crippen LogP contribution in [-0.2, 0) is 0 Å². The van der Waals surface area contributed by atoms with Crippen molar-refractivity contribution in [3.05, 3.63) is 28.7 Å². The lowest BCUT2D eigenvalue weighted by Gasteiger charge is -2.31. The van der Waals surface area contributed by atoms with E-state index < -0.39 is 0 Å². The van der Waals surface area contributed by atoms with Crippen molar-refractivity contribution in [3.63, 3.8) is 0 Å². The monoisotopic (exact) mass is 310 g/mol. The number of nitrogens with one attached hydrogen (secondary N) is 1. The fourth-order valence-electron chi connectivity index (χ4n) is 2.40. The summed E-state index contributed by atoms with van der Waals surface area (Å²) in [5.41, 5.74) is 0.824. The van der Waals surface area contributed by atoms with Gasteiger partial charge >= 0.3 is 6.03 Å². The second-order valence-electron chi connectivity index (χ2n) is 4.81. The highest BCUT2D eigenvalue weighted by Crippen LogP contribution is 2.24. The zero-order chi connectivity index (χ0) is 13.0. The Morgan fingerprint density at radius 3 is 2.61 bits per heavy atom. The minimum absolute atomic E-state index is 0.0196. The molecule has 1 N–H and O–H groups in total. The summed E-state index contributed by atoms with van der Waals surface area (Å²) in [5.74, 6) is 0. The number of nitrogens with zero attached hydrogens (tertiary/aromatic N) is 1. The van der Waals surface area contributed by atoms with Crippen LogP contribution in [0.25, 0.3) is 0 Å². The van der Waals surface area contributed by atoms with Gasteiger partial charge in [-0.1, -0.05) is 31.4 Å². The number of hydrogen-bond donors (Lipinski definition) is 1. The largest absolute Gasteiger partial charge is 0.325 e. The van der Waals surface area contributed by atoms with E-state index in [0.29, 0.717) is 6.04 Å². The topological polar surface area (TPSA) is 32.3 Å². The van der Waals surface area contributed by atoms with E-state index in [1.54, 1.807) is 0 Å². The van der Waals surface area contributed by atoms with Crippen LogP contribution < -0.4 is 5.32 Å². The second kappa shape index (κ2) is 6.23. The zero-order valence-electron chi connectivity index (χ0n) is 10.7. The number of urea groups is 1. The van der Waals surface area contributed by atoms with Crippen molar-refractivity contribution in [2.24, 2.45) is 0 Å². The Balaban J connectivity index is 1.97. The molecular formula is C14H19BrN2O. The number of benzene rings is 1. The maximum absolute atomic E-state index is 12.2. The van der Waals surface area contributed by atoms with Crippen LogP contribution in [0.4, 0.5) is 10.5 Å². The zero-order valence-corrected chi connectivity index (χ0v) is 12.2. The third kappa shape index (κ3) is 3.25. The van der Waals surface area contributed by atoms with E-state index in [1.807, 2.05) is 36.2 Å². The molecule has 18 heavy (non-hydrogen) atoms. The van der Waals surface area contributed by atoms with E-state index in [4.69, 9.17) is 0 Å². The van der Waals surface area contributed by atoms with Crippen molar-refractivity contribution >= 4 is 27.6 Å². The first-order valence-electron chi connectivity index (χ1n) is 6.47. The van der Waals surface area contributed by atoms with E-state index in [9.17, 15) is 4.79 Å². The number of carbonyl (C=O) groups is 1.